The van der Waals surface area contributed by atoms with Gasteiger partial charge in [0.2, 0.25) is 0 Å². The average Bonchev–Trinajstić information content (AvgIpc) is 3.36. The maximum Gasteiger partial charge on any atom is 0.171 e. The van der Waals surface area contributed by atoms with Crippen LogP contribution in [-0.2, 0) is 19.3 Å². The monoisotopic (exact) mass is 358 g/mol. The zero-order valence-electron chi connectivity index (χ0n) is 15.0. The maximum atomic E-state index is 5.67. The van der Waals surface area contributed by atoms with E-state index < -0.39 is 0 Å². The van der Waals surface area contributed by atoms with Crippen molar-refractivity contribution >= 4 is 5.65 Å². The molecule has 7 nitrogen and oxygen atoms in total. The summed E-state index contributed by atoms with van der Waals surface area (Å²) in [6, 6.07) is 6.27. The third-order valence-electron chi connectivity index (χ3n) is 4.96. The van der Waals surface area contributed by atoms with Crippen molar-refractivity contribution in [2.75, 3.05) is 6.61 Å². The van der Waals surface area contributed by atoms with Crippen molar-refractivity contribution in [2.24, 2.45) is 0 Å². The summed E-state index contributed by atoms with van der Waals surface area (Å²) < 4.78 is 7.62. The summed E-state index contributed by atoms with van der Waals surface area (Å²) in [4.78, 5) is 13.2. The number of hydrogen-bond donors (Lipinski definition) is 0. The van der Waals surface area contributed by atoms with Crippen LogP contribution in [-0.4, -0.2) is 36.2 Å². The fourth-order valence-corrected chi connectivity index (χ4v) is 3.56. The molecular formula is C20H18N6O. The summed E-state index contributed by atoms with van der Waals surface area (Å²) in [5.74, 6) is 2.69. The summed E-state index contributed by atoms with van der Waals surface area (Å²) in [5, 5.41) is 8.38. The minimum absolute atomic E-state index is 0.736. The van der Waals surface area contributed by atoms with Crippen LogP contribution in [0.15, 0.2) is 43.1 Å². The summed E-state index contributed by atoms with van der Waals surface area (Å²) in [6.45, 7) is 2.64. The summed E-state index contributed by atoms with van der Waals surface area (Å²) in [6.07, 6.45) is 9.82. The van der Waals surface area contributed by atoms with E-state index in [4.69, 9.17) is 4.74 Å². The summed E-state index contributed by atoms with van der Waals surface area (Å²) in [7, 11) is 0. The SMILES string of the molecule is Cc1ncc(-c2cnc(CCc3cccc4c3CCO4)n3cnnc23)cn1. The van der Waals surface area contributed by atoms with Gasteiger partial charge in [-0.05, 0) is 25.0 Å². The fraction of sp³-hybridized carbons (Fsp3) is 0.250. The number of fused-ring (bicyclic) bond motifs is 2. The van der Waals surface area contributed by atoms with E-state index >= 15 is 0 Å². The van der Waals surface area contributed by atoms with Crippen LogP contribution >= 0.6 is 0 Å². The Bertz CT molecular complexity index is 1120. The Morgan fingerprint density at radius 2 is 1.96 bits per heavy atom. The van der Waals surface area contributed by atoms with Crippen LogP contribution in [0.1, 0.15) is 22.8 Å². The van der Waals surface area contributed by atoms with E-state index in [0.29, 0.717) is 0 Å². The van der Waals surface area contributed by atoms with E-state index in [9.17, 15) is 0 Å². The second kappa shape index (κ2) is 6.42. The third-order valence-corrected chi connectivity index (χ3v) is 4.96. The zero-order chi connectivity index (χ0) is 18.2. The Hall–Kier alpha value is -3.35. The van der Waals surface area contributed by atoms with Gasteiger partial charge in [0.05, 0.1) is 6.61 Å². The molecule has 0 fully saturated rings. The van der Waals surface area contributed by atoms with Crippen LogP contribution in [0.2, 0.25) is 0 Å². The smallest absolute Gasteiger partial charge is 0.171 e. The number of nitrogens with zero attached hydrogens (tertiary/aromatic N) is 6. The molecule has 5 rings (SSSR count). The molecule has 1 aliphatic heterocycles. The Labute approximate surface area is 156 Å². The van der Waals surface area contributed by atoms with E-state index in [-0.39, 0.29) is 0 Å². The highest BCUT2D eigenvalue weighted by molar-refractivity contribution is 5.75. The van der Waals surface area contributed by atoms with E-state index in [1.807, 2.05) is 23.6 Å². The van der Waals surface area contributed by atoms with Gasteiger partial charge in [-0.3, -0.25) is 4.40 Å². The van der Waals surface area contributed by atoms with Crippen molar-refractivity contribution in [3.05, 3.63) is 65.9 Å². The highest BCUT2D eigenvalue weighted by Gasteiger charge is 2.17. The molecule has 0 N–H and O–H groups in total. The lowest BCUT2D eigenvalue weighted by molar-refractivity contribution is 0.357. The van der Waals surface area contributed by atoms with Crippen LogP contribution in [0.3, 0.4) is 0 Å². The third kappa shape index (κ3) is 2.81. The molecule has 0 atom stereocenters. The van der Waals surface area contributed by atoms with Crippen molar-refractivity contribution in [3.63, 3.8) is 0 Å². The fourth-order valence-electron chi connectivity index (χ4n) is 3.56. The predicted octanol–water partition coefficient (Wildman–Crippen LogP) is 2.61. The topological polar surface area (TPSA) is 78.1 Å². The number of rotatable bonds is 4. The van der Waals surface area contributed by atoms with Gasteiger partial charge in [0.1, 0.15) is 23.7 Å². The Balaban J connectivity index is 1.47. The van der Waals surface area contributed by atoms with E-state index in [1.165, 1.54) is 11.1 Å². The molecule has 7 heteroatoms. The minimum Gasteiger partial charge on any atom is -0.493 e. The largest absolute Gasteiger partial charge is 0.493 e. The zero-order valence-corrected chi connectivity index (χ0v) is 15.0. The van der Waals surface area contributed by atoms with Crippen molar-refractivity contribution in [2.45, 2.75) is 26.2 Å². The molecule has 27 heavy (non-hydrogen) atoms. The molecule has 3 aromatic heterocycles. The summed E-state index contributed by atoms with van der Waals surface area (Å²) in [5.41, 5.74) is 5.19. The molecule has 4 aromatic rings. The Morgan fingerprint density at radius 1 is 1.07 bits per heavy atom. The lowest BCUT2D eigenvalue weighted by Gasteiger charge is -2.09. The number of aromatic nitrogens is 6. The van der Waals surface area contributed by atoms with E-state index in [2.05, 4.69) is 37.3 Å². The van der Waals surface area contributed by atoms with E-state index in [1.54, 1.807) is 18.7 Å². The second-order valence-corrected chi connectivity index (χ2v) is 6.62. The highest BCUT2D eigenvalue weighted by Crippen LogP contribution is 2.29. The number of benzene rings is 1. The van der Waals surface area contributed by atoms with Crippen LogP contribution in [0, 0.1) is 6.92 Å². The Kier molecular flexibility index (Phi) is 3.78. The first-order chi connectivity index (χ1) is 13.3. The molecule has 0 saturated carbocycles. The number of aryl methyl sites for hydroxylation is 3. The van der Waals surface area contributed by atoms with Gasteiger partial charge in [0.15, 0.2) is 5.65 Å². The van der Waals surface area contributed by atoms with Gasteiger partial charge in [0.25, 0.3) is 0 Å². The molecule has 0 unspecified atom stereocenters. The minimum atomic E-state index is 0.736. The lowest BCUT2D eigenvalue weighted by atomic mass is 10.0. The molecule has 0 aliphatic carbocycles. The van der Waals surface area contributed by atoms with Crippen molar-refractivity contribution < 1.29 is 4.74 Å². The molecule has 0 bridgehead atoms. The molecule has 0 spiro atoms. The summed E-state index contributed by atoms with van der Waals surface area (Å²) >= 11 is 0. The first kappa shape index (κ1) is 15.9. The van der Waals surface area contributed by atoms with Crippen molar-refractivity contribution in [1.82, 2.24) is 29.5 Å². The predicted molar refractivity (Wildman–Crippen MR) is 99.6 cm³/mol. The van der Waals surface area contributed by atoms with Gasteiger partial charge >= 0.3 is 0 Å². The molecule has 0 radical (unpaired) electrons. The van der Waals surface area contributed by atoms with Crippen molar-refractivity contribution in [3.8, 4) is 16.9 Å². The average molecular weight is 358 g/mol. The standard InChI is InChI=1S/C20H18N6O/c1-13-21-9-15(10-22-13)17-11-23-19(26-12-24-25-20(17)26)6-5-14-3-2-4-18-16(14)7-8-27-18/h2-4,9-12H,5-8H2,1H3. The quantitative estimate of drug-likeness (QED) is 0.558. The first-order valence-electron chi connectivity index (χ1n) is 9.00. The molecule has 1 aromatic carbocycles. The van der Waals surface area contributed by atoms with Gasteiger partial charge in [-0.15, -0.1) is 10.2 Å². The molecule has 4 heterocycles. The maximum absolute atomic E-state index is 5.67. The van der Waals surface area contributed by atoms with Crippen LogP contribution < -0.4 is 4.74 Å². The highest BCUT2D eigenvalue weighted by atomic mass is 16.5. The van der Waals surface area contributed by atoms with E-state index in [0.717, 1.165) is 60.0 Å². The van der Waals surface area contributed by atoms with Gasteiger partial charge in [-0.1, -0.05) is 12.1 Å². The first-order valence-corrected chi connectivity index (χ1v) is 9.00. The van der Waals surface area contributed by atoms with Gasteiger partial charge < -0.3 is 4.74 Å². The lowest BCUT2D eigenvalue weighted by Crippen LogP contribution is -2.05. The normalized spacial score (nSPS) is 12.9. The molecule has 0 amide bonds. The number of ether oxygens (including phenoxy) is 1. The molecule has 0 saturated heterocycles. The van der Waals surface area contributed by atoms with Gasteiger partial charge in [-0.25, -0.2) is 15.0 Å². The van der Waals surface area contributed by atoms with Crippen LogP contribution in [0.4, 0.5) is 0 Å². The molecule has 1 aliphatic rings. The van der Waals surface area contributed by atoms with Crippen LogP contribution in [0.25, 0.3) is 16.8 Å². The Morgan fingerprint density at radius 3 is 2.85 bits per heavy atom. The second-order valence-electron chi connectivity index (χ2n) is 6.62. The van der Waals surface area contributed by atoms with Gasteiger partial charge in [0, 0.05) is 48.1 Å². The van der Waals surface area contributed by atoms with Crippen molar-refractivity contribution in [1.29, 1.82) is 0 Å². The number of hydrogen-bond acceptors (Lipinski definition) is 6. The van der Waals surface area contributed by atoms with Crippen LogP contribution in [0.5, 0.6) is 5.75 Å². The van der Waals surface area contributed by atoms with Gasteiger partial charge in [-0.2, -0.15) is 0 Å². The molecule has 134 valence electrons. The molecular weight excluding hydrogens is 340 g/mol.